The van der Waals surface area contributed by atoms with Gasteiger partial charge in [-0.05, 0) is 18.1 Å². The molecule has 1 saturated heterocycles. The van der Waals surface area contributed by atoms with Crippen LogP contribution in [0.2, 0.25) is 0 Å². The summed E-state index contributed by atoms with van der Waals surface area (Å²) in [6.07, 6.45) is 1.80. The van der Waals surface area contributed by atoms with Gasteiger partial charge in [0.2, 0.25) is 5.91 Å². The lowest BCUT2D eigenvalue weighted by molar-refractivity contribution is -0.127. The van der Waals surface area contributed by atoms with Gasteiger partial charge in [-0.15, -0.1) is 0 Å². The molecule has 2 heterocycles. The average molecular weight is 178 g/mol. The molecule has 1 aromatic heterocycles. The second kappa shape index (κ2) is 3.17. The topological polar surface area (TPSA) is 33.2 Å². The van der Waals surface area contributed by atoms with E-state index in [1.165, 1.54) is 4.90 Å². The molecule has 0 aromatic carbocycles. The standard InChI is InChI=1S/C10H12N2O/c1-12-9(4-5-10(12)13)8-3-2-6-11-7-8/h2-3,6-7,9H,4-5H2,1H3/i5D2. The number of nitrogens with zero attached hydrogens (tertiary/aromatic N) is 2. The minimum absolute atomic E-state index is 0.193. The van der Waals surface area contributed by atoms with E-state index in [9.17, 15) is 4.79 Å². The zero-order valence-corrected chi connectivity index (χ0v) is 7.40. The number of pyridine rings is 1. The van der Waals surface area contributed by atoms with Gasteiger partial charge in [0.1, 0.15) is 0 Å². The lowest BCUT2D eigenvalue weighted by Gasteiger charge is -2.19. The molecule has 1 aliphatic rings. The minimum Gasteiger partial charge on any atom is -0.339 e. The monoisotopic (exact) mass is 178 g/mol. The highest BCUT2D eigenvalue weighted by Crippen LogP contribution is 2.30. The van der Waals surface area contributed by atoms with Crippen LogP contribution in [-0.2, 0) is 4.79 Å². The predicted octanol–water partition coefficient (Wildman–Crippen LogP) is 1.37. The first-order valence-electron chi connectivity index (χ1n) is 5.19. The van der Waals surface area contributed by atoms with E-state index >= 15 is 0 Å². The molecule has 0 spiro atoms. The fourth-order valence-corrected chi connectivity index (χ4v) is 1.50. The predicted molar refractivity (Wildman–Crippen MR) is 49.0 cm³/mol. The van der Waals surface area contributed by atoms with Crippen LogP contribution in [-0.4, -0.2) is 22.8 Å². The number of rotatable bonds is 1. The Bertz CT molecular complexity index is 380. The molecule has 1 amide bonds. The molecular weight excluding hydrogens is 164 g/mol. The van der Waals surface area contributed by atoms with Crippen molar-refractivity contribution in [3.63, 3.8) is 0 Å². The van der Waals surface area contributed by atoms with Gasteiger partial charge in [-0.2, -0.15) is 0 Å². The number of carbonyl (C=O) groups is 1. The van der Waals surface area contributed by atoms with E-state index < -0.39 is 12.3 Å². The fraction of sp³-hybridized carbons (Fsp3) is 0.400. The van der Waals surface area contributed by atoms with Crippen molar-refractivity contribution in [2.45, 2.75) is 18.8 Å². The summed E-state index contributed by atoms with van der Waals surface area (Å²) in [6, 6.07) is 3.46. The number of amides is 1. The van der Waals surface area contributed by atoms with Crippen LogP contribution >= 0.6 is 0 Å². The third-order valence-corrected chi connectivity index (χ3v) is 2.30. The first-order chi connectivity index (χ1) is 7.02. The highest BCUT2D eigenvalue weighted by molar-refractivity contribution is 5.78. The number of carbonyl (C=O) groups excluding carboxylic acids is 1. The van der Waals surface area contributed by atoms with Crippen molar-refractivity contribution >= 4 is 5.91 Å². The quantitative estimate of drug-likeness (QED) is 0.650. The Morgan fingerprint density at radius 2 is 2.62 bits per heavy atom. The molecule has 1 fully saturated rings. The summed E-state index contributed by atoms with van der Waals surface area (Å²) in [5.74, 6) is -0.448. The third-order valence-electron chi connectivity index (χ3n) is 2.30. The summed E-state index contributed by atoms with van der Waals surface area (Å²) in [7, 11) is 1.63. The van der Waals surface area contributed by atoms with Crippen LogP contribution in [0.25, 0.3) is 0 Å². The normalized spacial score (nSPS) is 28.5. The molecule has 68 valence electrons. The van der Waals surface area contributed by atoms with Crippen LogP contribution in [0.1, 0.15) is 27.1 Å². The maximum Gasteiger partial charge on any atom is 0.222 e. The van der Waals surface area contributed by atoms with Gasteiger partial charge in [0.15, 0.2) is 0 Å². The summed E-state index contributed by atoms with van der Waals surface area (Å²) in [6.45, 7) is 0. The van der Waals surface area contributed by atoms with E-state index in [1.807, 2.05) is 6.07 Å². The van der Waals surface area contributed by atoms with E-state index in [-0.39, 0.29) is 12.5 Å². The Morgan fingerprint density at radius 3 is 3.15 bits per heavy atom. The largest absolute Gasteiger partial charge is 0.339 e. The average Bonchev–Trinajstić information content (AvgIpc) is 2.44. The van der Waals surface area contributed by atoms with Crippen LogP contribution in [0.5, 0.6) is 0 Å². The van der Waals surface area contributed by atoms with Gasteiger partial charge in [-0.25, -0.2) is 0 Å². The van der Waals surface area contributed by atoms with Crippen LogP contribution in [0.4, 0.5) is 0 Å². The van der Waals surface area contributed by atoms with Crippen LogP contribution in [0.15, 0.2) is 24.5 Å². The first kappa shape index (κ1) is 6.13. The second-order valence-corrected chi connectivity index (χ2v) is 3.10. The Hall–Kier alpha value is -1.38. The minimum atomic E-state index is -1.74. The molecule has 1 aromatic rings. The van der Waals surface area contributed by atoms with E-state index in [2.05, 4.69) is 4.98 Å². The Morgan fingerprint density at radius 1 is 1.77 bits per heavy atom. The highest BCUT2D eigenvalue weighted by atomic mass is 16.2. The molecule has 0 radical (unpaired) electrons. The van der Waals surface area contributed by atoms with Crippen molar-refractivity contribution in [1.29, 1.82) is 0 Å². The van der Waals surface area contributed by atoms with E-state index in [0.717, 1.165) is 5.56 Å². The van der Waals surface area contributed by atoms with Crippen LogP contribution in [0.3, 0.4) is 0 Å². The number of hydrogen-bond acceptors (Lipinski definition) is 2. The highest BCUT2D eigenvalue weighted by Gasteiger charge is 2.28. The van der Waals surface area contributed by atoms with Crippen LogP contribution < -0.4 is 0 Å². The first-order valence-corrected chi connectivity index (χ1v) is 4.19. The zero-order chi connectivity index (χ0) is 11.1. The number of likely N-dealkylation sites (tertiary alicyclic amines) is 1. The Labute approximate surface area is 80.2 Å². The molecule has 0 N–H and O–H groups in total. The molecule has 3 nitrogen and oxygen atoms in total. The van der Waals surface area contributed by atoms with Gasteiger partial charge in [0.05, 0.1) is 6.04 Å². The van der Waals surface area contributed by atoms with Gasteiger partial charge in [0, 0.05) is 28.6 Å². The van der Waals surface area contributed by atoms with Crippen molar-refractivity contribution in [3.8, 4) is 0 Å². The van der Waals surface area contributed by atoms with Gasteiger partial charge in [-0.3, -0.25) is 9.78 Å². The van der Waals surface area contributed by atoms with Gasteiger partial charge < -0.3 is 4.90 Å². The molecule has 1 unspecified atom stereocenters. The van der Waals surface area contributed by atoms with E-state index in [0.29, 0.717) is 0 Å². The fourth-order valence-electron chi connectivity index (χ4n) is 1.50. The van der Waals surface area contributed by atoms with Gasteiger partial charge in [0.25, 0.3) is 0 Å². The summed E-state index contributed by atoms with van der Waals surface area (Å²) in [5, 5.41) is 0. The molecule has 13 heavy (non-hydrogen) atoms. The molecule has 0 saturated carbocycles. The van der Waals surface area contributed by atoms with E-state index in [1.54, 1.807) is 25.5 Å². The number of hydrogen-bond donors (Lipinski definition) is 0. The maximum atomic E-state index is 11.5. The Kier molecular flexibility index (Phi) is 1.49. The summed E-state index contributed by atoms with van der Waals surface area (Å²) >= 11 is 0. The summed E-state index contributed by atoms with van der Waals surface area (Å²) in [4.78, 5) is 17.0. The second-order valence-electron chi connectivity index (χ2n) is 3.10. The third kappa shape index (κ3) is 1.41. The molecular formula is C10H12N2O. The SMILES string of the molecule is [2H]C1([2H])CC(c2cccnc2)N(C)C1=O. The van der Waals surface area contributed by atoms with Crippen molar-refractivity contribution in [2.75, 3.05) is 7.05 Å². The summed E-state index contributed by atoms with van der Waals surface area (Å²) < 4.78 is 15.1. The molecule has 1 aliphatic heterocycles. The molecule has 3 heteroatoms. The number of aromatic nitrogens is 1. The van der Waals surface area contributed by atoms with Gasteiger partial charge in [-0.1, -0.05) is 6.07 Å². The maximum absolute atomic E-state index is 11.5. The zero-order valence-electron chi connectivity index (χ0n) is 9.40. The van der Waals surface area contributed by atoms with Crippen LogP contribution in [0, 0.1) is 0 Å². The van der Waals surface area contributed by atoms with E-state index in [4.69, 9.17) is 2.74 Å². The molecule has 0 aliphatic carbocycles. The molecule has 1 atom stereocenters. The van der Waals surface area contributed by atoms with Crippen molar-refractivity contribution in [2.24, 2.45) is 0 Å². The Balaban J connectivity index is 2.31. The lowest BCUT2D eigenvalue weighted by Crippen LogP contribution is -2.22. The summed E-state index contributed by atoms with van der Waals surface area (Å²) in [5.41, 5.74) is 0.884. The smallest absolute Gasteiger partial charge is 0.222 e. The van der Waals surface area contributed by atoms with Gasteiger partial charge >= 0.3 is 0 Å². The molecule has 2 rings (SSSR count). The lowest BCUT2D eigenvalue weighted by atomic mass is 10.1. The molecule has 0 bridgehead atoms. The van der Waals surface area contributed by atoms with Crippen molar-refractivity contribution < 1.29 is 7.54 Å². The van der Waals surface area contributed by atoms with Crippen molar-refractivity contribution in [1.82, 2.24) is 9.88 Å². The van der Waals surface area contributed by atoms with Crippen molar-refractivity contribution in [3.05, 3.63) is 30.1 Å².